The summed E-state index contributed by atoms with van der Waals surface area (Å²) in [6.07, 6.45) is -0.521. The summed E-state index contributed by atoms with van der Waals surface area (Å²) in [7, 11) is 0. The average molecular weight is 269 g/mol. The standard InChI is InChI=1S/C11H15N3O5/c1-5-7(6(2)19-14-5)3-10(16)13-8(11(17)18)4-9(12)15/h8H,3-4H2,1-2H3,(H2,12,15)(H,13,16)(H,17,18)/t8-/m0/s1. The first-order chi connectivity index (χ1) is 8.81. The maximum absolute atomic E-state index is 11.7. The number of nitrogens with two attached hydrogens (primary N) is 1. The van der Waals surface area contributed by atoms with Crippen molar-refractivity contribution in [1.82, 2.24) is 10.5 Å². The summed E-state index contributed by atoms with van der Waals surface area (Å²) in [5, 5.41) is 14.8. The summed E-state index contributed by atoms with van der Waals surface area (Å²) >= 11 is 0. The molecule has 0 aliphatic carbocycles. The lowest BCUT2D eigenvalue weighted by Crippen LogP contribution is -2.44. The number of hydrogen-bond acceptors (Lipinski definition) is 5. The first kappa shape index (κ1) is 14.7. The first-order valence-electron chi connectivity index (χ1n) is 5.53. The van der Waals surface area contributed by atoms with E-state index in [0.717, 1.165) is 0 Å². The minimum absolute atomic E-state index is 0.0658. The number of primary amides is 1. The summed E-state index contributed by atoms with van der Waals surface area (Å²) in [5.74, 6) is -2.16. The highest BCUT2D eigenvalue weighted by atomic mass is 16.5. The molecule has 8 heteroatoms. The number of carboxylic acids is 1. The Bertz CT molecular complexity index is 489. The zero-order chi connectivity index (χ0) is 14.6. The second-order valence-electron chi connectivity index (χ2n) is 4.11. The topological polar surface area (TPSA) is 136 Å². The molecule has 0 aromatic carbocycles. The Morgan fingerprint density at radius 1 is 1.42 bits per heavy atom. The highest BCUT2D eigenvalue weighted by molar-refractivity contribution is 5.88. The molecule has 0 aliphatic rings. The Morgan fingerprint density at radius 3 is 2.47 bits per heavy atom. The highest BCUT2D eigenvalue weighted by Gasteiger charge is 2.23. The van der Waals surface area contributed by atoms with Crippen LogP contribution in [0.25, 0.3) is 0 Å². The molecule has 1 aromatic rings. The normalized spacial score (nSPS) is 11.9. The van der Waals surface area contributed by atoms with Crippen molar-refractivity contribution in [1.29, 1.82) is 0 Å². The summed E-state index contributed by atoms with van der Waals surface area (Å²) in [4.78, 5) is 33.3. The highest BCUT2D eigenvalue weighted by Crippen LogP contribution is 2.12. The van der Waals surface area contributed by atoms with Gasteiger partial charge in [-0.15, -0.1) is 0 Å². The van der Waals surface area contributed by atoms with Crippen LogP contribution in [-0.2, 0) is 20.8 Å². The largest absolute Gasteiger partial charge is 0.480 e. The Kier molecular flexibility index (Phi) is 4.62. The van der Waals surface area contributed by atoms with Crippen LogP contribution in [0.2, 0.25) is 0 Å². The molecule has 0 spiro atoms. The van der Waals surface area contributed by atoms with E-state index in [1.54, 1.807) is 13.8 Å². The predicted molar refractivity (Wildman–Crippen MR) is 63.1 cm³/mol. The van der Waals surface area contributed by atoms with E-state index >= 15 is 0 Å². The van der Waals surface area contributed by atoms with Crippen molar-refractivity contribution in [3.8, 4) is 0 Å². The second kappa shape index (κ2) is 5.98. The van der Waals surface area contributed by atoms with Crippen LogP contribution in [-0.4, -0.2) is 34.1 Å². The molecule has 1 aromatic heterocycles. The molecule has 1 heterocycles. The fourth-order valence-corrected chi connectivity index (χ4v) is 1.56. The van der Waals surface area contributed by atoms with E-state index < -0.39 is 30.2 Å². The molecule has 19 heavy (non-hydrogen) atoms. The monoisotopic (exact) mass is 269 g/mol. The molecule has 8 nitrogen and oxygen atoms in total. The van der Waals surface area contributed by atoms with E-state index in [1.165, 1.54) is 0 Å². The Morgan fingerprint density at radius 2 is 2.05 bits per heavy atom. The number of aromatic nitrogens is 1. The molecule has 104 valence electrons. The molecule has 0 saturated heterocycles. The number of nitrogens with one attached hydrogen (secondary N) is 1. The molecule has 0 aliphatic heterocycles. The van der Waals surface area contributed by atoms with Crippen molar-refractivity contribution in [3.05, 3.63) is 17.0 Å². The predicted octanol–water partition coefficient (Wildman–Crippen LogP) is -0.721. The van der Waals surface area contributed by atoms with Crippen LogP contribution in [0.3, 0.4) is 0 Å². The molecular weight excluding hydrogens is 254 g/mol. The van der Waals surface area contributed by atoms with Gasteiger partial charge in [-0.05, 0) is 13.8 Å². The number of carboxylic acid groups (broad SMARTS) is 1. The van der Waals surface area contributed by atoms with Crippen molar-refractivity contribution in [2.75, 3.05) is 0 Å². The van der Waals surface area contributed by atoms with Crippen LogP contribution in [0.5, 0.6) is 0 Å². The van der Waals surface area contributed by atoms with Gasteiger partial charge in [-0.3, -0.25) is 9.59 Å². The van der Waals surface area contributed by atoms with Gasteiger partial charge in [-0.1, -0.05) is 5.16 Å². The summed E-state index contributed by atoms with van der Waals surface area (Å²) in [5.41, 5.74) is 6.07. The van der Waals surface area contributed by atoms with Crippen molar-refractivity contribution in [3.63, 3.8) is 0 Å². The van der Waals surface area contributed by atoms with E-state index in [2.05, 4.69) is 10.5 Å². The third-order valence-corrected chi connectivity index (χ3v) is 2.56. The smallest absolute Gasteiger partial charge is 0.326 e. The summed E-state index contributed by atoms with van der Waals surface area (Å²) in [6, 6.07) is -1.33. The molecule has 0 saturated carbocycles. The Hall–Kier alpha value is -2.38. The third kappa shape index (κ3) is 4.09. The van der Waals surface area contributed by atoms with Crippen molar-refractivity contribution >= 4 is 17.8 Å². The fourth-order valence-electron chi connectivity index (χ4n) is 1.56. The van der Waals surface area contributed by atoms with E-state index in [0.29, 0.717) is 17.0 Å². The van der Waals surface area contributed by atoms with Crippen LogP contribution in [0.15, 0.2) is 4.52 Å². The van der Waals surface area contributed by atoms with Crippen molar-refractivity contribution in [2.45, 2.75) is 32.7 Å². The lowest BCUT2D eigenvalue weighted by Gasteiger charge is -2.12. The number of hydrogen-bond donors (Lipinski definition) is 3. The van der Waals surface area contributed by atoms with Gasteiger partial charge < -0.3 is 20.7 Å². The zero-order valence-electron chi connectivity index (χ0n) is 10.6. The fraction of sp³-hybridized carbons (Fsp3) is 0.455. The van der Waals surface area contributed by atoms with Crippen molar-refractivity contribution in [2.24, 2.45) is 5.73 Å². The number of amides is 2. The Balaban J connectivity index is 2.68. The van der Waals surface area contributed by atoms with Gasteiger partial charge in [0.05, 0.1) is 18.5 Å². The minimum atomic E-state index is -1.33. The van der Waals surface area contributed by atoms with E-state index in [1.807, 2.05) is 0 Å². The van der Waals surface area contributed by atoms with Crippen LogP contribution >= 0.6 is 0 Å². The number of aliphatic carboxylic acids is 1. The van der Waals surface area contributed by atoms with Gasteiger partial charge in [0, 0.05) is 5.56 Å². The quantitative estimate of drug-likeness (QED) is 0.623. The lowest BCUT2D eigenvalue weighted by atomic mass is 10.1. The van der Waals surface area contributed by atoms with Crippen LogP contribution < -0.4 is 11.1 Å². The minimum Gasteiger partial charge on any atom is -0.480 e. The molecule has 1 rings (SSSR count). The lowest BCUT2D eigenvalue weighted by molar-refractivity contribution is -0.143. The van der Waals surface area contributed by atoms with Gasteiger partial charge in [0.2, 0.25) is 11.8 Å². The summed E-state index contributed by atoms with van der Waals surface area (Å²) in [6.45, 7) is 3.33. The number of rotatable bonds is 6. The van der Waals surface area contributed by atoms with Crippen molar-refractivity contribution < 1.29 is 24.0 Å². The number of aryl methyl sites for hydroxylation is 2. The van der Waals surface area contributed by atoms with E-state index in [4.69, 9.17) is 15.4 Å². The molecule has 0 unspecified atom stereocenters. The number of carbonyl (C=O) groups is 3. The first-order valence-corrected chi connectivity index (χ1v) is 5.53. The van der Waals surface area contributed by atoms with Crippen LogP contribution in [0, 0.1) is 13.8 Å². The molecule has 2 amide bonds. The van der Waals surface area contributed by atoms with Gasteiger partial charge in [0.1, 0.15) is 11.8 Å². The SMILES string of the molecule is Cc1noc(C)c1CC(=O)N[C@@H](CC(N)=O)C(=O)O. The van der Waals surface area contributed by atoms with Gasteiger partial charge in [-0.2, -0.15) is 0 Å². The van der Waals surface area contributed by atoms with Gasteiger partial charge >= 0.3 is 5.97 Å². The van der Waals surface area contributed by atoms with Gasteiger partial charge in [-0.25, -0.2) is 4.79 Å². The average Bonchev–Trinajstić information content (AvgIpc) is 2.59. The molecule has 4 N–H and O–H groups in total. The Labute approximate surface area is 108 Å². The summed E-state index contributed by atoms with van der Waals surface area (Å²) < 4.78 is 4.89. The molecule has 0 radical (unpaired) electrons. The maximum Gasteiger partial charge on any atom is 0.326 e. The zero-order valence-corrected chi connectivity index (χ0v) is 10.6. The van der Waals surface area contributed by atoms with Gasteiger partial charge in [0.15, 0.2) is 0 Å². The molecule has 0 fully saturated rings. The number of nitrogens with zero attached hydrogens (tertiary/aromatic N) is 1. The molecule has 1 atom stereocenters. The molecular formula is C11H15N3O5. The number of carbonyl (C=O) groups excluding carboxylic acids is 2. The third-order valence-electron chi connectivity index (χ3n) is 2.56. The van der Waals surface area contributed by atoms with Crippen LogP contribution in [0.1, 0.15) is 23.4 Å². The second-order valence-corrected chi connectivity index (χ2v) is 4.11. The van der Waals surface area contributed by atoms with E-state index in [9.17, 15) is 14.4 Å². The molecule has 0 bridgehead atoms. The maximum atomic E-state index is 11.7. The van der Waals surface area contributed by atoms with E-state index in [-0.39, 0.29) is 6.42 Å². The van der Waals surface area contributed by atoms with Crippen LogP contribution in [0.4, 0.5) is 0 Å². The van der Waals surface area contributed by atoms with Gasteiger partial charge in [0.25, 0.3) is 0 Å².